The quantitative estimate of drug-likeness (QED) is 0.248. The van der Waals surface area contributed by atoms with Gasteiger partial charge in [0, 0.05) is 4.91 Å². The van der Waals surface area contributed by atoms with E-state index in [1.54, 1.807) is 0 Å². The fourth-order valence-corrected chi connectivity index (χ4v) is 4.27. The molecule has 1 amide bonds. The van der Waals surface area contributed by atoms with Gasteiger partial charge in [-0.25, -0.2) is 0 Å². The SMILES string of the molecule is CC[C@@H](N=[N+]=[N-])[C@H]1O[C@@]12C(=O)N([C@@H](C)c1ccccc1)[C@H]2c1ccccc1. The van der Waals surface area contributed by atoms with E-state index in [2.05, 4.69) is 10.0 Å². The number of hydrogen-bond acceptors (Lipinski definition) is 3. The third-order valence-corrected chi connectivity index (χ3v) is 5.72. The molecule has 0 N–H and O–H groups in total. The molecule has 6 heteroatoms. The number of amides is 1. The molecule has 0 aliphatic carbocycles. The van der Waals surface area contributed by atoms with Crippen LogP contribution < -0.4 is 0 Å². The number of rotatable bonds is 6. The Hall–Kier alpha value is -2.82. The molecule has 2 fully saturated rings. The molecule has 5 atom stereocenters. The highest BCUT2D eigenvalue weighted by atomic mass is 16.6. The monoisotopic (exact) mass is 362 g/mol. The van der Waals surface area contributed by atoms with Crippen molar-refractivity contribution in [3.63, 3.8) is 0 Å². The van der Waals surface area contributed by atoms with Crippen molar-refractivity contribution < 1.29 is 9.53 Å². The zero-order valence-corrected chi connectivity index (χ0v) is 15.4. The maximum atomic E-state index is 13.2. The second kappa shape index (κ2) is 6.72. The largest absolute Gasteiger partial charge is 0.353 e. The molecule has 0 radical (unpaired) electrons. The Kier molecular flexibility index (Phi) is 4.38. The summed E-state index contributed by atoms with van der Waals surface area (Å²) in [4.78, 5) is 18.1. The van der Waals surface area contributed by atoms with Crippen molar-refractivity contribution in [2.45, 2.75) is 50.1 Å². The summed E-state index contributed by atoms with van der Waals surface area (Å²) < 4.78 is 5.99. The summed E-state index contributed by atoms with van der Waals surface area (Å²) in [5.74, 6) is -0.0238. The lowest BCUT2D eigenvalue weighted by Gasteiger charge is -2.50. The average Bonchev–Trinajstić information content (AvgIpc) is 3.48. The molecule has 6 nitrogen and oxygen atoms in total. The molecular formula is C21H22N4O2. The van der Waals surface area contributed by atoms with Crippen LogP contribution >= 0.6 is 0 Å². The van der Waals surface area contributed by atoms with Crippen molar-refractivity contribution >= 4 is 5.91 Å². The third kappa shape index (κ3) is 2.60. The second-order valence-electron chi connectivity index (χ2n) is 7.12. The molecule has 0 bridgehead atoms. The van der Waals surface area contributed by atoms with Gasteiger partial charge in [0.25, 0.3) is 5.91 Å². The predicted octanol–water partition coefficient (Wildman–Crippen LogP) is 4.56. The lowest BCUT2D eigenvalue weighted by atomic mass is 9.76. The number of nitrogens with zero attached hydrogens (tertiary/aromatic N) is 4. The molecule has 2 aromatic carbocycles. The summed E-state index contributed by atoms with van der Waals surface area (Å²) in [6.07, 6.45) is 0.273. The Balaban J connectivity index is 1.70. The number of hydrogen-bond donors (Lipinski definition) is 0. The summed E-state index contributed by atoms with van der Waals surface area (Å²) in [6, 6.07) is 19.4. The lowest BCUT2D eigenvalue weighted by Crippen LogP contribution is -2.63. The number of carbonyl (C=O) groups excluding carboxylic acids is 1. The molecule has 138 valence electrons. The van der Waals surface area contributed by atoms with E-state index in [9.17, 15) is 4.79 Å². The fraction of sp³-hybridized carbons (Fsp3) is 0.381. The zero-order valence-electron chi connectivity index (χ0n) is 15.4. The van der Waals surface area contributed by atoms with Crippen molar-refractivity contribution in [3.05, 3.63) is 82.2 Å². The van der Waals surface area contributed by atoms with E-state index in [4.69, 9.17) is 10.3 Å². The van der Waals surface area contributed by atoms with Gasteiger partial charge < -0.3 is 9.64 Å². The van der Waals surface area contributed by atoms with E-state index in [-0.39, 0.29) is 30.1 Å². The van der Waals surface area contributed by atoms with E-state index < -0.39 is 5.60 Å². The number of ether oxygens (including phenoxy) is 1. The smallest absolute Gasteiger partial charge is 0.261 e. The van der Waals surface area contributed by atoms with E-state index in [1.807, 2.05) is 79.4 Å². The van der Waals surface area contributed by atoms with Crippen LogP contribution in [0, 0.1) is 0 Å². The van der Waals surface area contributed by atoms with Gasteiger partial charge in [-0.1, -0.05) is 72.7 Å². The highest BCUT2D eigenvalue weighted by Crippen LogP contribution is 2.62. The van der Waals surface area contributed by atoms with Gasteiger partial charge in [0.2, 0.25) is 0 Å². The molecule has 27 heavy (non-hydrogen) atoms. The maximum Gasteiger partial charge on any atom is 0.261 e. The van der Waals surface area contributed by atoms with E-state index in [1.165, 1.54) is 0 Å². The minimum atomic E-state index is -0.904. The first-order chi connectivity index (χ1) is 13.1. The average molecular weight is 362 g/mol. The van der Waals surface area contributed by atoms with Crippen molar-refractivity contribution in [2.24, 2.45) is 5.11 Å². The van der Waals surface area contributed by atoms with Gasteiger partial charge in [-0.15, -0.1) is 0 Å². The molecule has 0 aromatic heterocycles. The van der Waals surface area contributed by atoms with Crippen molar-refractivity contribution in [1.82, 2.24) is 4.90 Å². The first-order valence-electron chi connectivity index (χ1n) is 9.29. The summed E-state index contributed by atoms with van der Waals surface area (Å²) in [5.41, 5.74) is 10.1. The Morgan fingerprint density at radius 1 is 1.19 bits per heavy atom. The molecule has 2 aliphatic rings. The predicted molar refractivity (Wildman–Crippen MR) is 102 cm³/mol. The van der Waals surface area contributed by atoms with Crippen LogP contribution in [0.3, 0.4) is 0 Å². The van der Waals surface area contributed by atoms with Crippen LogP contribution in [-0.4, -0.2) is 28.6 Å². The molecule has 2 aliphatic heterocycles. The number of β-lactam (4-membered cyclic amide) rings is 1. The Labute approximate surface area is 158 Å². The molecule has 0 saturated carbocycles. The normalized spacial score (nSPS) is 28.2. The van der Waals surface area contributed by atoms with Crippen LogP contribution in [0.15, 0.2) is 65.8 Å². The van der Waals surface area contributed by atoms with E-state index in [0.29, 0.717) is 6.42 Å². The van der Waals surface area contributed by atoms with Gasteiger partial charge >= 0.3 is 0 Å². The van der Waals surface area contributed by atoms with Gasteiger partial charge in [0.1, 0.15) is 6.10 Å². The van der Waals surface area contributed by atoms with Crippen molar-refractivity contribution in [3.8, 4) is 0 Å². The maximum absolute atomic E-state index is 13.2. The number of benzene rings is 2. The van der Waals surface area contributed by atoms with Crippen LogP contribution in [0.25, 0.3) is 10.4 Å². The molecule has 1 spiro atoms. The zero-order chi connectivity index (χ0) is 19.0. The highest BCUT2D eigenvalue weighted by molar-refractivity contribution is 5.97. The lowest BCUT2D eigenvalue weighted by molar-refractivity contribution is -0.165. The molecule has 0 unspecified atom stereocenters. The second-order valence-corrected chi connectivity index (χ2v) is 7.12. The highest BCUT2D eigenvalue weighted by Gasteiger charge is 2.79. The van der Waals surface area contributed by atoms with Crippen LogP contribution in [-0.2, 0) is 9.53 Å². The first kappa shape index (κ1) is 17.6. The minimum Gasteiger partial charge on any atom is -0.353 e. The van der Waals surface area contributed by atoms with Crippen LogP contribution in [0.5, 0.6) is 0 Å². The standard InChI is InChI=1S/C21H22N4O2/c1-3-17(23-24-22)19-21(27-19)18(16-12-8-5-9-13-16)25(20(21)26)14(2)15-10-6-4-7-11-15/h4-14,17-19H,3H2,1-2H3/t14-,17+,18-,19+,21+/m0/s1. The number of carbonyl (C=O) groups is 1. The van der Waals surface area contributed by atoms with Crippen molar-refractivity contribution in [1.29, 1.82) is 0 Å². The van der Waals surface area contributed by atoms with Crippen LogP contribution in [0.4, 0.5) is 0 Å². The number of likely N-dealkylation sites (tertiary alicyclic amines) is 1. The van der Waals surface area contributed by atoms with Gasteiger partial charge in [0.05, 0.1) is 18.1 Å². The van der Waals surface area contributed by atoms with Gasteiger partial charge in [-0.2, -0.15) is 0 Å². The van der Waals surface area contributed by atoms with Crippen LogP contribution in [0.1, 0.15) is 43.5 Å². The molecule has 4 rings (SSSR count). The third-order valence-electron chi connectivity index (χ3n) is 5.72. The Morgan fingerprint density at radius 3 is 2.41 bits per heavy atom. The molecule has 2 saturated heterocycles. The molecule has 2 aromatic rings. The minimum absolute atomic E-state index is 0.0238. The van der Waals surface area contributed by atoms with E-state index >= 15 is 0 Å². The van der Waals surface area contributed by atoms with Gasteiger partial charge in [-0.3, -0.25) is 4.79 Å². The van der Waals surface area contributed by atoms with Gasteiger partial charge in [-0.05, 0) is 30.0 Å². The Morgan fingerprint density at radius 2 is 1.81 bits per heavy atom. The fourth-order valence-electron chi connectivity index (χ4n) is 4.27. The Bertz CT molecular complexity index is 882. The molecule has 2 heterocycles. The topological polar surface area (TPSA) is 81.6 Å². The van der Waals surface area contributed by atoms with E-state index in [0.717, 1.165) is 11.1 Å². The van der Waals surface area contributed by atoms with Crippen LogP contribution in [0.2, 0.25) is 0 Å². The van der Waals surface area contributed by atoms with Crippen molar-refractivity contribution in [2.75, 3.05) is 0 Å². The number of epoxide rings is 1. The molecular weight excluding hydrogens is 340 g/mol. The summed E-state index contributed by atoms with van der Waals surface area (Å²) >= 11 is 0. The number of azide groups is 1. The summed E-state index contributed by atoms with van der Waals surface area (Å²) in [5, 5.41) is 3.86. The summed E-state index contributed by atoms with van der Waals surface area (Å²) in [7, 11) is 0. The summed E-state index contributed by atoms with van der Waals surface area (Å²) in [6.45, 7) is 3.98. The van der Waals surface area contributed by atoms with Gasteiger partial charge in [0.15, 0.2) is 5.60 Å². The first-order valence-corrected chi connectivity index (χ1v) is 9.29.